The second kappa shape index (κ2) is 22.1. The Labute approximate surface area is 181 Å². The Balaban J connectivity index is 0. The predicted octanol–water partition coefficient (Wildman–Crippen LogP) is 1.19. The first-order chi connectivity index (χ1) is 14.3. The van der Waals surface area contributed by atoms with Crippen LogP contribution in [0, 0.1) is 11.8 Å². The number of ether oxygens (including phenoxy) is 4. The lowest BCUT2D eigenvalue weighted by Crippen LogP contribution is -2.34. The molecule has 0 heterocycles. The molecule has 0 aromatic heterocycles. The number of hydrogen-bond acceptors (Lipinski definition) is 7. The zero-order valence-electron chi connectivity index (χ0n) is 19.6. The van der Waals surface area contributed by atoms with Gasteiger partial charge in [-0.2, -0.15) is 0 Å². The van der Waals surface area contributed by atoms with Gasteiger partial charge in [-0.25, -0.2) is 0 Å². The maximum Gasteiger partial charge on any atom is 0.246 e. The van der Waals surface area contributed by atoms with Crippen molar-refractivity contribution in [1.82, 2.24) is 10.6 Å². The average Bonchev–Trinajstić information content (AvgIpc) is 2.73. The van der Waals surface area contributed by atoms with Crippen LogP contribution < -0.4 is 10.6 Å². The van der Waals surface area contributed by atoms with Crippen molar-refractivity contribution in [2.24, 2.45) is 11.8 Å². The van der Waals surface area contributed by atoms with Crippen molar-refractivity contribution in [2.75, 3.05) is 65.9 Å². The van der Waals surface area contributed by atoms with Gasteiger partial charge in [-0.05, 0) is 0 Å². The summed E-state index contributed by atoms with van der Waals surface area (Å²) in [5, 5.41) is 5.27. The SMILES string of the molecule is CC.CC(C)C(=O)CNC(=O)COCCOCCOCCOCCNC(=O)C(C)C. The zero-order chi connectivity index (χ0) is 23.2. The summed E-state index contributed by atoms with van der Waals surface area (Å²) in [6, 6.07) is 0. The summed E-state index contributed by atoms with van der Waals surface area (Å²) < 4.78 is 21.2. The van der Waals surface area contributed by atoms with Gasteiger partial charge >= 0.3 is 0 Å². The topological polar surface area (TPSA) is 112 Å². The first-order valence-electron chi connectivity index (χ1n) is 10.7. The number of nitrogens with one attached hydrogen (secondary N) is 2. The average molecular weight is 435 g/mol. The van der Waals surface area contributed by atoms with Crippen molar-refractivity contribution in [3.8, 4) is 0 Å². The smallest absolute Gasteiger partial charge is 0.246 e. The van der Waals surface area contributed by atoms with E-state index in [1.54, 1.807) is 13.8 Å². The van der Waals surface area contributed by atoms with E-state index < -0.39 is 0 Å². The molecule has 0 saturated heterocycles. The van der Waals surface area contributed by atoms with E-state index in [2.05, 4.69) is 10.6 Å². The molecule has 0 aromatic rings. The third-order valence-corrected chi connectivity index (χ3v) is 3.52. The molecule has 0 rings (SSSR count). The van der Waals surface area contributed by atoms with E-state index in [-0.39, 0.29) is 49.2 Å². The van der Waals surface area contributed by atoms with Crippen LogP contribution in [0.5, 0.6) is 0 Å². The van der Waals surface area contributed by atoms with Crippen LogP contribution in [0.4, 0.5) is 0 Å². The summed E-state index contributed by atoms with van der Waals surface area (Å²) in [7, 11) is 0. The van der Waals surface area contributed by atoms with Crippen LogP contribution in [0.3, 0.4) is 0 Å². The van der Waals surface area contributed by atoms with Gasteiger partial charge in [0.1, 0.15) is 6.61 Å². The van der Waals surface area contributed by atoms with E-state index in [0.717, 1.165) is 0 Å². The summed E-state index contributed by atoms with van der Waals surface area (Å²) in [4.78, 5) is 34.1. The fourth-order valence-corrected chi connectivity index (χ4v) is 1.72. The van der Waals surface area contributed by atoms with Gasteiger partial charge in [-0.1, -0.05) is 41.5 Å². The fourth-order valence-electron chi connectivity index (χ4n) is 1.72. The van der Waals surface area contributed by atoms with Gasteiger partial charge in [-0.15, -0.1) is 0 Å². The molecule has 0 aliphatic heterocycles. The van der Waals surface area contributed by atoms with Crippen molar-refractivity contribution in [3.63, 3.8) is 0 Å². The molecular formula is C21H42N2O7. The summed E-state index contributed by atoms with van der Waals surface area (Å²) in [5.41, 5.74) is 0. The molecule has 0 spiro atoms. The number of rotatable bonds is 18. The van der Waals surface area contributed by atoms with Gasteiger partial charge in [-0.3, -0.25) is 14.4 Å². The van der Waals surface area contributed by atoms with Crippen LogP contribution in [0.15, 0.2) is 0 Å². The molecule has 0 aliphatic rings. The third kappa shape index (κ3) is 21.2. The molecule has 0 aliphatic carbocycles. The van der Waals surface area contributed by atoms with E-state index in [0.29, 0.717) is 46.2 Å². The minimum atomic E-state index is -0.318. The van der Waals surface area contributed by atoms with Crippen molar-refractivity contribution in [3.05, 3.63) is 0 Å². The Morgan fingerprint density at radius 1 is 0.667 bits per heavy atom. The minimum absolute atomic E-state index is 0.0139. The van der Waals surface area contributed by atoms with Crippen molar-refractivity contribution in [2.45, 2.75) is 41.5 Å². The molecule has 9 nitrogen and oxygen atoms in total. The second-order valence-electron chi connectivity index (χ2n) is 6.73. The van der Waals surface area contributed by atoms with Gasteiger partial charge in [0.25, 0.3) is 0 Å². The van der Waals surface area contributed by atoms with Crippen LogP contribution in [0.1, 0.15) is 41.5 Å². The molecule has 0 fully saturated rings. The maximum absolute atomic E-state index is 11.5. The highest BCUT2D eigenvalue weighted by atomic mass is 16.6. The Hall–Kier alpha value is -1.55. The fraction of sp³-hybridized carbons (Fsp3) is 0.857. The zero-order valence-corrected chi connectivity index (χ0v) is 19.6. The Bertz CT molecular complexity index is 443. The van der Waals surface area contributed by atoms with Crippen molar-refractivity contribution in [1.29, 1.82) is 0 Å². The van der Waals surface area contributed by atoms with E-state index >= 15 is 0 Å². The number of carbonyl (C=O) groups excluding carboxylic acids is 3. The number of Topliss-reactive ketones (excluding diaryl/α,β-unsaturated/α-hetero) is 1. The van der Waals surface area contributed by atoms with Crippen LogP contribution in [-0.2, 0) is 33.3 Å². The van der Waals surface area contributed by atoms with Crippen LogP contribution in [-0.4, -0.2) is 83.5 Å². The summed E-state index contributed by atoms with van der Waals surface area (Å²) in [6.07, 6.45) is 0. The van der Waals surface area contributed by atoms with Gasteiger partial charge in [0, 0.05) is 18.4 Å². The first kappa shape index (κ1) is 30.6. The quantitative estimate of drug-likeness (QED) is 0.312. The molecule has 0 saturated carbocycles. The highest BCUT2D eigenvalue weighted by Gasteiger charge is 2.09. The molecule has 30 heavy (non-hydrogen) atoms. The highest BCUT2D eigenvalue weighted by Crippen LogP contribution is 1.92. The van der Waals surface area contributed by atoms with E-state index in [9.17, 15) is 14.4 Å². The number of hydrogen-bond donors (Lipinski definition) is 2. The Kier molecular flexibility index (Phi) is 22.6. The second-order valence-corrected chi connectivity index (χ2v) is 6.73. The molecule has 2 N–H and O–H groups in total. The molecular weight excluding hydrogens is 392 g/mol. The molecule has 0 radical (unpaired) electrons. The van der Waals surface area contributed by atoms with Crippen molar-refractivity contribution >= 4 is 17.6 Å². The molecule has 0 atom stereocenters. The minimum Gasteiger partial charge on any atom is -0.377 e. The summed E-state index contributed by atoms with van der Waals surface area (Å²) in [6.45, 7) is 14.5. The van der Waals surface area contributed by atoms with Gasteiger partial charge in [0.05, 0.1) is 52.8 Å². The van der Waals surface area contributed by atoms with E-state index in [4.69, 9.17) is 18.9 Å². The lowest BCUT2D eigenvalue weighted by molar-refractivity contribution is -0.129. The van der Waals surface area contributed by atoms with E-state index in [1.807, 2.05) is 27.7 Å². The summed E-state index contributed by atoms with van der Waals surface area (Å²) in [5.74, 6) is -0.434. The maximum atomic E-state index is 11.5. The number of carbonyl (C=O) groups is 3. The molecule has 178 valence electrons. The normalized spacial score (nSPS) is 10.5. The molecule has 9 heteroatoms. The lowest BCUT2D eigenvalue weighted by atomic mass is 10.1. The Morgan fingerprint density at radius 3 is 1.60 bits per heavy atom. The predicted molar refractivity (Wildman–Crippen MR) is 115 cm³/mol. The highest BCUT2D eigenvalue weighted by molar-refractivity contribution is 5.87. The first-order valence-corrected chi connectivity index (χ1v) is 10.7. The molecule has 0 bridgehead atoms. The largest absolute Gasteiger partial charge is 0.377 e. The molecule has 0 aromatic carbocycles. The van der Waals surface area contributed by atoms with E-state index in [1.165, 1.54) is 0 Å². The van der Waals surface area contributed by atoms with Gasteiger partial charge in [0.2, 0.25) is 11.8 Å². The Morgan fingerprint density at radius 2 is 1.13 bits per heavy atom. The monoisotopic (exact) mass is 434 g/mol. The summed E-state index contributed by atoms with van der Waals surface area (Å²) >= 11 is 0. The van der Waals surface area contributed by atoms with Gasteiger partial charge in [0.15, 0.2) is 5.78 Å². The standard InChI is InChI=1S/C19H36N2O7.C2H6/c1-15(2)17(22)13-21-18(23)14-28-12-11-27-10-9-26-8-7-25-6-5-20-19(24)16(3)4;1-2/h15-16H,5-14H2,1-4H3,(H,20,24)(H,21,23);1-2H3. The molecule has 0 unspecified atom stereocenters. The molecule has 2 amide bonds. The third-order valence-electron chi connectivity index (χ3n) is 3.52. The lowest BCUT2D eigenvalue weighted by Gasteiger charge is -2.09. The van der Waals surface area contributed by atoms with Gasteiger partial charge < -0.3 is 29.6 Å². The van der Waals surface area contributed by atoms with Crippen LogP contribution >= 0.6 is 0 Å². The van der Waals surface area contributed by atoms with Crippen molar-refractivity contribution < 1.29 is 33.3 Å². The number of amides is 2. The van der Waals surface area contributed by atoms with Crippen LogP contribution in [0.2, 0.25) is 0 Å². The number of ketones is 1. The van der Waals surface area contributed by atoms with Crippen LogP contribution in [0.25, 0.3) is 0 Å².